The number of oxazole rings is 1. The van der Waals surface area contributed by atoms with Crippen LogP contribution in [0.1, 0.15) is 17.0 Å². The fraction of sp³-hybridized carbons (Fsp3) is 0.160. The molecule has 0 atom stereocenters. The Bertz CT molecular complexity index is 1330. The quantitative estimate of drug-likeness (QED) is 0.380. The van der Waals surface area contributed by atoms with E-state index in [-0.39, 0.29) is 11.4 Å². The summed E-state index contributed by atoms with van der Waals surface area (Å²) in [4.78, 5) is 4.86. The van der Waals surface area contributed by atoms with Crippen LogP contribution in [0.2, 0.25) is 0 Å². The van der Waals surface area contributed by atoms with E-state index in [2.05, 4.69) is 4.98 Å². The third-order valence-corrected chi connectivity index (χ3v) is 7.14. The average Bonchev–Trinajstić information content (AvgIpc) is 3.18. The van der Waals surface area contributed by atoms with E-state index < -0.39 is 10.0 Å². The zero-order chi connectivity index (χ0) is 22.7. The molecule has 1 aromatic heterocycles. The maximum Gasteiger partial charge on any atom is 0.264 e. The largest absolute Gasteiger partial charge is 0.497 e. The molecule has 0 N–H and O–H groups in total. The monoisotopic (exact) mass is 448 g/mol. The van der Waals surface area contributed by atoms with E-state index in [0.29, 0.717) is 34.3 Å². The number of hydrogen-bond donors (Lipinski definition) is 0. The normalized spacial score (nSPS) is 11.3. The molecule has 0 aliphatic heterocycles. The first-order valence-electron chi connectivity index (χ1n) is 10.1. The summed E-state index contributed by atoms with van der Waals surface area (Å²) >= 11 is 0. The van der Waals surface area contributed by atoms with Gasteiger partial charge in [-0.15, -0.1) is 0 Å². The molecule has 4 rings (SSSR count). The van der Waals surface area contributed by atoms with Gasteiger partial charge in [0.25, 0.3) is 10.0 Å². The van der Waals surface area contributed by atoms with Crippen LogP contribution in [0, 0.1) is 13.8 Å². The Hall–Kier alpha value is -3.58. The van der Waals surface area contributed by atoms with Gasteiger partial charge in [0.1, 0.15) is 17.2 Å². The van der Waals surface area contributed by atoms with Crippen LogP contribution in [0.25, 0.3) is 11.5 Å². The van der Waals surface area contributed by atoms with Crippen molar-refractivity contribution < 1.29 is 17.6 Å². The number of methoxy groups -OCH3 is 1. The Morgan fingerprint density at radius 1 is 0.938 bits per heavy atom. The van der Waals surface area contributed by atoms with Crippen LogP contribution in [0.15, 0.2) is 88.2 Å². The molecular formula is C25H24N2O4S. The summed E-state index contributed by atoms with van der Waals surface area (Å²) in [5.41, 5.74) is 2.53. The lowest BCUT2D eigenvalue weighted by atomic mass is 10.2. The van der Waals surface area contributed by atoms with Gasteiger partial charge in [0.15, 0.2) is 0 Å². The van der Waals surface area contributed by atoms with Crippen molar-refractivity contribution in [3.8, 4) is 17.2 Å². The van der Waals surface area contributed by atoms with E-state index in [1.807, 2.05) is 36.4 Å². The summed E-state index contributed by atoms with van der Waals surface area (Å²) < 4.78 is 40.1. The average molecular weight is 449 g/mol. The molecule has 0 aliphatic carbocycles. The van der Waals surface area contributed by atoms with Crippen molar-refractivity contribution in [1.29, 1.82) is 0 Å². The second-order valence-corrected chi connectivity index (χ2v) is 9.20. The number of benzene rings is 3. The molecule has 0 saturated carbocycles. The van der Waals surface area contributed by atoms with Crippen LogP contribution in [0.3, 0.4) is 0 Å². The number of rotatable bonds is 7. The third-order valence-electron chi connectivity index (χ3n) is 5.21. The van der Waals surface area contributed by atoms with Crippen LogP contribution in [0.5, 0.6) is 5.75 Å². The lowest BCUT2D eigenvalue weighted by Crippen LogP contribution is -2.31. The second kappa shape index (κ2) is 8.88. The molecule has 6 nitrogen and oxygen atoms in total. The van der Waals surface area contributed by atoms with E-state index in [9.17, 15) is 8.42 Å². The number of sulfonamides is 1. The van der Waals surface area contributed by atoms with Gasteiger partial charge in [0, 0.05) is 11.6 Å². The summed E-state index contributed by atoms with van der Waals surface area (Å²) in [7, 11) is -2.34. The lowest BCUT2D eigenvalue weighted by molar-refractivity contribution is 0.415. The Labute approximate surface area is 188 Å². The molecule has 0 bridgehead atoms. The molecule has 7 heteroatoms. The number of hydrogen-bond acceptors (Lipinski definition) is 5. The van der Waals surface area contributed by atoms with Crippen LogP contribution in [-0.4, -0.2) is 20.5 Å². The van der Waals surface area contributed by atoms with Gasteiger partial charge < -0.3 is 9.15 Å². The first-order valence-corrected chi connectivity index (χ1v) is 11.6. The van der Waals surface area contributed by atoms with Gasteiger partial charge in [-0.3, -0.25) is 4.31 Å². The van der Waals surface area contributed by atoms with Gasteiger partial charge in [0.2, 0.25) is 5.89 Å². The number of aromatic nitrogens is 1. The smallest absolute Gasteiger partial charge is 0.264 e. The van der Waals surface area contributed by atoms with E-state index in [1.54, 1.807) is 63.4 Å². The molecule has 0 fully saturated rings. The summed E-state index contributed by atoms with van der Waals surface area (Å²) in [6, 6.07) is 23.4. The Morgan fingerprint density at radius 3 is 2.38 bits per heavy atom. The van der Waals surface area contributed by atoms with Gasteiger partial charge in [-0.25, -0.2) is 13.4 Å². The van der Waals surface area contributed by atoms with Gasteiger partial charge in [0.05, 0.1) is 24.2 Å². The van der Waals surface area contributed by atoms with E-state index in [0.717, 1.165) is 5.56 Å². The molecule has 0 spiro atoms. The minimum atomic E-state index is -3.88. The van der Waals surface area contributed by atoms with Crippen molar-refractivity contribution in [2.24, 2.45) is 0 Å². The van der Waals surface area contributed by atoms with Crippen LogP contribution < -0.4 is 9.04 Å². The standard InChI is InChI=1S/C25H24N2O4S/c1-18-10-7-8-15-24(18)32(28,29)27(21-13-9-14-22(16-21)30-3)17-23-19(2)31-25(26-23)20-11-5-4-6-12-20/h4-16H,17H2,1-3H3. The fourth-order valence-corrected chi connectivity index (χ4v) is 5.11. The van der Waals surface area contributed by atoms with E-state index in [4.69, 9.17) is 9.15 Å². The zero-order valence-electron chi connectivity index (χ0n) is 18.1. The highest BCUT2D eigenvalue weighted by Gasteiger charge is 2.29. The molecule has 0 amide bonds. The minimum Gasteiger partial charge on any atom is -0.497 e. The third kappa shape index (κ3) is 4.24. The molecule has 164 valence electrons. The minimum absolute atomic E-state index is 0.0198. The van der Waals surface area contributed by atoms with Crippen molar-refractivity contribution in [3.63, 3.8) is 0 Å². The number of nitrogens with zero attached hydrogens (tertiary/aromatic N) is 2. The Balaban J connectivity index is 1.81. The van der Waals surface area contributed by atoms with Gasteiger partial charge in [-0.2, -0.15) is 0 Å². The molecule has 1 heterocycles. The molecule has 0 radical (unpaired) electrons. The molecular weight excluding hydrogens is 424 g/mol. The maximum absolute atomic E-state index is 13.8. The molecule has 0 saturated heterocycles. The number of anilines is 1. The Kier molecular flexibility index (Phi) is 6.01. The zero-order valence-corrected chi connectivity index (χ0v) is 19.0. The molecule has 0 unspecified atom stereocenters. The Morgan fingerprint density at radius 2 is 1.66 bits per heavy atom. The van der Waals surface area contributed by atoms with Crippen molar-refractivity contribution in [2.75, 3.05) is 11.4 Å². The summed E-state index contributed by atoms with van der Waals surface area (Å²) in [5, 5.41) is 0. The summed E-state index contributed by atoms with van der Waals surface area (Å²) in [5.74, 6) is 1.59. The second-order valence-electron chi connectivity index (χ2n) is 7.37. The van der Waals surface area contributed by atoms with Gasteiger partial charge in [-0.1, -0.05) is 42.5 Å². The lowest BCUT2D eigenvalue weighted by Gasteiger charge is -2.25. The predicted octanol–water partition coefficient (Wildman–Crippen LogP) is 5.36. The highest BCUT2D eigenvalue weighted by molar-refractivity contribution is 7.92. The fourth-order valence-electron chi connectivity index (χ4n) is 3.46. The molecule has 4 aromatic rings. The predicted molar refractivity (Wildman–Crippen MR) is 124 cm³/mol. The summed E-state index contributed by atoms with van der Waals surface area (Å²) in [6.07, 6.45) is 0. The topological polar surface area (TPSA) is 72.6 Å². The maximum atomic E-state index is 13.8. The van der Waals surface area contributed by atoms with Crippen LogP contribution in [0.4, 0.5) is 5.69 Å². The molecule has 32 heavy (non-hydrogen) atoms. The SMILES string of the molecule is COc1cccc(N(Cc2nc(-c3ccccc3)oc2C)S(=O)(=O)c2ccccc2C)c1. The number of ether oxygens (including phenoxy) is 1. The summed E-state index contributed by atoms with van der Waals surface area (Å²) in [6.45, 7) is 3.59. The molecule has 0 aliphatic rings. The van der Waals surface area contributed by atoms with Gasteiger partial charge >= 0.3 is 0 Å². The number of aryl methyl sites for hydroxylation is 2. The van der Waals surface area contributed by atoms with Crippen molar-refractivity contribution in [3.05, 3.63) is 95.9 Å². The van der Waals surface area contributed by atoms with Crippen molar-refractivity contribution >= 4 is 15.7 Å². The van der Waals surface area contributed by atoms with E-state index >= 15 is 0 Å². The first kappa shape index (κ1) is 21.6. The van der Waals surface area contributed by atoms with Crippen LogP contribution in [-0.2, 0) is 16.6 Å². The highest BCUT2D eigenvalue weighted by Crippen LogP contribution is 2.31. The first-order chi connectivity index (χ1) is 15.4. The van der Waals surface area contributed by atoms with Crippen molar-refractivity contribution in [2.45, 2.75) is 25.3 Å². The van der Waals surface area contributed by atoms with E-state index in [1.165, 1.54) is 4.31 Å². The van der Waals surface area contributed by atoms with Gasteiger partial charge in [-0.05, 0) is 49.7 Å². The molecule has 3 aromatic carbocycles. The van der Waals surface area contributed by atoms with Crippen LogP contribution >= 0.6 is 0 Å². The van der Waals surface area contributed by atoms with Crippen molar-refractivity contribution in [1.82, 2.24) is 4.98 Å². The highest BCUT2D eigenvalue weighted by atomic mass is 32.2.